The monoisotopic (exact) mass is 465 g/mol. The van der Waals surface area contributed by atoms with Gasteiger partial charge in [-0.2, -0.15) is 0 Å². The zero-order chi connectivity index (χ0) is 24.8. The van der Waals surface area contributed by atoms with E-state index in [2.05, 4.69) is 0 Å². The van der Waals surface area contributed by atoms with Crippen LogP contribution in [0.2, 0.25) is 0 Å². The van der Waals surface area contributed by atoms with Crippen molar-refractivity contribution in [3.8, 4) is 5.75 Å². The predicted octanol–water partition coefficient (Wildman–Crippen LogP) is 4.47. The molecule has 2 aromatic carbocycles. The van der Waals surface area contributed by atoms with Crippen LogP contribution in [0.15, 0.2) is 59.8 Å². The maximum absolute atomic E-state index is 13.3. The highest BCUT2D eigenvalue weighted by atomic mass is 16.5. The second kappa shape index (κ2) is 11.0. The third kappa shape index (κ3) is 5.47. The molecule has 34 heavy (non-hydrogen) atoms. The van der Waals surface area contributed by atoms with Gasteiger partial charge < -0.3 is 19.1 Å². The quantitative estimate of drug-likeness (QED) is 0.535. The Balaban J connectivity index is 2.03. The van der Waals surface area contributed by atoms with Crippen LogP contribution in [-0.2, 0) is 25.6 Å². The summed E-state index contributed by atoms with van der Waals surface area (Å²) < 4.78 is 15.9. The van der Waals surface area contributed by atoms with E-state index >= 15 is 0 Å². The van der Waals surface area contributed by atoms with Crippen molar-refractivity contribution in [2.24, 2.45) is 5.92 Å². The third-order valence-corrected chi connectivity index (χ3v) is 5.79. The lowest BCUT2D eigenvalue weighted by Gasteiger charge is -2.35. The van der Waals surface area contributed by atoms with Crippen LogP contribution in [0.25, 0.3) is 0 Å². The molecule has 0 saturated heterocycles. The fraction of sp³-hybridized carbons (Fsp3) is 0.370. The van der Waals surface area contributed by atoms with E-state index in [9.17, 15) is 14.4 Å². The summed E-state index contributed by atoms with van der Waals surface area (Å²) in [5.74, 6) is -0.715. The highest BCUT2D eigenvalue weighted by Gasteiger charge is 2.38. The number of ether oxygens (including phenoxy) is 3. The van der Waals surface area contributed by atoms with Gasteiger partial charge in [-0.05, 0) is 36.6 Å². The maximum atomic E-state index is 13.3. The van der Waals surface area contributed by atoms with Crippen LogP contribution in [0.3, 0.4) is 0 Å². The van der Waals surface area contributed by atoms with E-state index in [1.54, 1.807) is 37.1 Å². The van der Waals surface area contributed by atoms with E-state index in [4.69, 9.17) is 14.2 Å². The minimum atomic E-state index is -0.485. The van der Waals surface area contributed by atoms with Gasteiger partial charge in [-0.1, -0.05) is 44.2 Å². The predicted molar refractivity (Wildman–Crippen MR) is 127 cm³/mol. The summed E-state index contributed by atoms with van der Waals surface area (Å²) in [6.07, 6.45) is 0.0977. The molecule has 0 fully saturated rings. The molecular weight excluding hydrogens is 434 g/mol. The van der Waals surface area contributed by atoms with E-state index in [1.165, 1.54) is 7.11 Å². The standard InChI is InChI=1S/C27H31NO6/c1-17(2)16-34-27(31)25-18(3)28(15-19-9-8-10-20(13-19)26(30)33-5)24(29)14-22(25)21-11-6-7-12-23(21)32-4/h6-13,17,22H,14-16H2,1-5H3. The minimum Gasteiger partial charge on any atom is -0.496 e. The number of allylic oxidation sites excluding steroid dienone is 1. The summed E-state index contributed by atoms with van der Waals surface area (Å²) in [6, 6.07) is 14.3. The highest BCUT2D eigenvalue weighted by Crippen LogP contribution is 2.41. The fourth-order valence-corrected chi connectivity index (χ4v) is 4.11. The maximum Gasteiger partial charge on any atom is 0.337 e. The van der Waals surface area contributed by atoms with Crippen LogP contribution < -0.4 is 4.74 Å². The van der Waals surface area contributed by atoms with Gasteiger partial charge >= 0.3 is 11.9 Å². The van der Waals surface area contributed by atoms with Gasteiger partial charge in [-0.15, -0.1) is 0 Å². The van der Waals surface area contributed by atoms with Crippen molar-refractivity contribution in [3.05, 3.63) is 76.5 Å². The van der Waals surface area contributed by atoms with Gasteiger partial charge in [0.25, 0.3) is 0 Å². The van der Waals surface area contributed by atoms with Gasteiger partial charge in [0.15, 0.2) is 0 Å². The normalized spacial score (nSPS) is 16.0. The summed E-state index contributed by atoms with van der Waals surface area (Å²) >= 11 is 0. The van der Waals surface area contributed by atoms with Crippen molar-refractivity contribution in [1.82, 2.24) is 4.90 Å². The number of hydrogen-bond donors (Lipinski definition) is 0. The molecule has 1 amide bonds. The average molecular weight is 466 g/mol. The Morgan fingerprint density at radius 1 is 1.06 bits per heavy atom. The van der Waals surface area contributed by atoms with Crippen molar-refractivity contribution in [1.29, 1.82) is 0 Å². The van der Waals surface area contributed by atoms with Crippen LogP contribution in [0.1, 0.15) is 54.6 Å². The van der Waals surface area contributed by atoms with Crippen LogP contribution in [-0.4, -0.2) is 43.6 Å². The van der Waals surface area contributed by atoms with E-state index in [-0.39, 0.29) is 31.4 Å². The molecule has 0 bridgehead atoms. The van der Waals surface area contributed by atoms with Crippen molar-refractivity contribution in [2.75, 3.05) is 20.8 Å². The number of hydrogen-bond acceptors (Lipinski definition) is 6. The molecule has 0 aliphatic carbocycles. The van der Waals surface area contributed by atoms with Crippen molar-refractivity contribution < 1.29 is 28.6 Å². The Morgan fingerprint density at radius 2 is 1.79 bits per heavy atom. The second-order valence-electron chi connectivity index (χ2n) is 8.66. The summed E-state index contributed by atoms with van der Waals surface area (Å²) in [7, 11) is 2.89. The molecule has 2 aromatic rings. The lowest BCUT2D eigenvalue weighted by molar-refractivity contribution is -0.141. The first-order valence-electron chi connectivity index (χ1n) is 11.2. The Hall–Kier alpha value is -3.61. The zero-order valence-corrected chi connectivity index (χ0v) is 20.3. The van der Waals surface area contributed by atoms with Crippen molar-refractivity contribution in [2.45, 2.75) is 39.7 Å². The molecule has 7 heteroatoms. The second-order valence-corrected chi connectivity index (χ2v) is 8.66. The van der Waals surface area contributed by atoms with Gasteiger partial charge in [0, 0.05) is 23.6 Å². The number of carbonyl (C=O) groups is 3. The Morgan fingerprint density at radius 3 is 2.47 bits per heavy atom. The summed E-state index contributed by atoms with van der Waals surface area (Å²) in [5.41, 5.74) is 2.88. The van der Waals surface area contributed by atoms with Gasteiger partial charge in [0.2, 0.25) is 5.91 Å². The molecule has 1 aliphatic heterocycles. The lowest BCUT2D eigenvalue weighted by atomic mass is 9.83. The molecule has 0 saturated carbocycles. The first-order chi connectivity index (χ1) is 16.3. The lowest BCUT2D eigenvalue weighted by Crippen LogP contribution is -2.38. The number of esters is 2. The molecule has 180 valence electrons. The Bertz CT molecular complexity index is 1100. The Kier molecular flexibility index (Phi) is 8.10. The molecule has 0 spiro atoms. The van der Waals surface area contributed by atoms with Gasteiger partial charge in [-0.3, -0.25) is 4.79 Å². The molecule has 7 nitrogen and oxygen atoms in total. The van der Waals surface area contributed by atoms with Crippen LogP contribution in [0.5, 0.6) is 5.75 Å². The van der Waals surface area contributed by atoms with Crippen molar-refractivity contribution >= 4 is 17.8 Å². The van der Waals surface area contributed by atoms with E-state index in [0.29, 0.717) is 22.6 Å². The third-order valence-electron chi connectivity index (χ3n) is 5.79. The largest absolute Gasteiger partial charge is 0.496 e. The van der Waals surface area contributed by atoms with Crippen LogP contribution in [0, 0.1) is 5.92 Å². The van der Waals surface area contributed by atoms with Gasteiger partial charge in [-0.25, -0.2) is 9.59 Å². The van der Waals surface area contributed by atoms with E-state index in [1.807, 2.05) is 44.2 Å². The summed E-state index contributed by atoms with van der Waals surface area (Å²) in [5, 5.41) is 0. The smallest absolute Gasteiger partial charge is 0.337 e. The number of amides is 1. The molecule has 1 atom stereocenters. The number of para-hydroxylation sites is 1. The SMILES string of the molecule is COC(=O)c1cccc(CN2C(=O)CC(c3ccccc3OC)C(C(=O)OCC(C)C)=C2C)c1. The van der Waals surface area contributed by atoms with Crippen molar-refractivity contribution in [3.63, 3.8) is 0 Å². The number of rotatable bonds is 8. The topological polar surface area (TPSA) is 82.1 Å². The van der Waals surface area contributed by atoms with E-state index in [0.717, 1.165) is 11.1 Å². The van der Waals surface area contributed by atoms with Gasteiger partial charge in [0.1, 0.15) is 5.75 Å². The molecule has 0 radical (unpaired) electrons. The first kappa shape index (κ1) is 25.0. The molecule has 1 unspecified atom stereocenters. The zero-order valence-electron chi connectivity index (χ0n) is 20.3. The molecule has 0 aromatic heterocycles. The molecule has 3 rings (SSSR count). The molecule has 1 heterocycles. The fourth-order valence-electron chi connectivity index (χ4n) is 4.11. The van der Waals surface area contributed by atoms with E-state index < -0.39 is 17.9 Å². The molecule has 0 N–H and O–H groups in total. The van der Waals surface area contributed by atoms with Gasteiger partial charge in [0.05, 0.1) is 38.5 Å². The number of carbonyl (C=O) groups excluding carboxylic acids is 3. The molecule has 1 aliphatic rings. The van der Waals surface area contributed by atoms with Crippen LogP contribution >= 0.6 is 0 Å². The number of benzene rings is 2. The summed E-state index contributed by atoms with van der Waals surface area (Å²) in [6.45, 7) is 6.20. The van der Waals surface area contributed by atoms with Crippen LogP contribution in [0.4, 0.5) is 0 Å². The minimum absolute atomic E-state index is 0.0977. The first-order valence-corrected chi connectivity index (χ1v) is 11.2. The molecular formula is C27H31NO6. The summed E-state index contributed by atoms with van der Waals surface area (Å²) in [4.78, 5) is 40.1. The Labute approximate surface area is 200 Å². The number of methoxy groups -OCH3 is 2. The highest BCUT2D eigenvalue weighted by molar-refractivity contribution is 5.96. The average Bonchev–Trinajstić information content (AvgIpc) is 2.84. The number of nitrogens with zero attached hydrogens (tertiary/aromatic N) is 1.